The number of halogens is 2. The van der Waals surface area contributed by atoms with Gasteiger partial charge in [0, 0.05) is 11.6 Å². The molecule has 2 unspecified atom stereocenters. The molecular formula is C24H27F2N3O3. The first-order valence-electron chi connectivity index (χ1n) is 10.6. The number of rotatable bonds is 8. The van der Waals surface area contributed by atoms with Crippen LogP contribution in [0.4, 0.5) is 14.5 Å². The minimum absolute atomic E-state index is 0.0147. The van der Waals surface area contributed by atoms with Gasteiger partial charge in [-0.3, -0.25) is 14.4 Å². The van der Waals surface area contributed by atoms with Gasteiger partial charge in [-0.05, 0) is 55.5 Å². The summed E-state index contributed by atoms with van der Waals surface area (Å²) in [7, 11) is 0. The number of amides is 3. The van der Waals surface area contributed by atoms with Crippen molar-refractivity contribution in [2.45, 2.75) is 45.7 Å². The maximum atomic E-state index is 13.9. The molecule has 0 spiro atoms. The van der Waals surface area contributed by atoms with Gasteiger partial charge >= 0.3 is 0 Å². The van der Waals surface area contributed by atoms with Crippen molar-refractivity contribution in [2.75, 3.05) is 5.32 Å². The first-order chi connectivity index (χ1) is 15.2. The molecule has 0 heterocycles. The maximum absolute atomic E-state index is 13.9. The van der Waals surface area contributed by atoms with Gasteiger partial charge in [0.05, 0.1) is 6.04 Å². The Morgan fingerprint density at radius 2 is 1.50 bits per heavy atom. The zero-order valence-corrected chi connectivity index (χ0v) is 18.2. The zero-order valence-electron chi connectivity index (χ0n) is 18.2. The highest BCUT2D eigenvalue weighted by Crippen LogP contribution is 2.30. The first-order valence-corrected chi connectivity index (χ1v) is 10.6. The third kappa shape index (κ3) is 5.69. The molecular weight excluding hydrogens is 416 g/mol. The Kier molecular flexibility index (Phi) is 7.22. The molecule has 3 rings (SSSR count). The van der Waals surface area contributed by atoms with Crippen molar-refractivity contribution in [3.8, 4) is 0 Å². The number of nitrogens with one attached hydrogen (secondary N) is 3. The Bertz CT molecular complexity index is 984. The fourth-order valence-electron chi connectivity index (χ4n) is 3.29. The molecule has 1 saturated carbocycles. The second-order valence-corrected chi connectivity index (χ2v) is 8.41. The molecule has 1 aliphatic carbocycles. The number of carbonyl (C=O) groups is 3. The van der Waals surface area contributed by atoms with E-state index < -0.39 is 35.1 Å². The van der Waals surface area contributed by atoms with Gasteiger partial charge in [-0.2, -0.15) is 0 Å². The molecule has 3 N–H and O–H groups in total. The molecule has 0 saturated heterocycles. The Labute approximate surface area is 185 Å². The number of carbonyl (C=O) groups excluding carboxylic acids is 3. The van der Waals surface area contributed by atoms with Crippen molar-refractivity contribution in [1.82, 2.24) is 10.6 Å². The summed E-state index contributed by atoms with van der Waals surface area (Å²) in [5.41, 5.74) is 0.767. The largest absolute Gasteiger partial charge is 0.348 e. The van der Waals surface area contributed by atoms with Gasteiger partial charge in [-0.25, -0.2) is 8.78 Å². The topological polar surface area (TPSA) is 87.3 Å². The Morgan fingerprint density at radius 1 is 0.906 bits per heavy atom. The summed E-state index contributed by atoms with van der Waals surface area (Å²) >= 11 is 0. The average Bonchev–Trinajstić information content (AvgIpc) is 3.57. The van der Waals surface area contributed by atoms with Crippen molar-refractivity contribution < 1.29 is 23.2 Å². The van der Waals surface area contributed by atoms with Crippen LogP contribution in [0.15, 0.2) is 42.5 Å². The van der Waals surface area contributed by atoms with E-state index in [-0.39, 0.29) is 23.8 Å². The highest BCUT2D eigenvalue weighted by Gasteiger charge is 2.30. The molecule has 0 aliphatic heterocycles. The molecule has 8 heteroatoms. The average molecular weight is 443 g/mol. The molecule has 170 valence electrons. The molecule has 2 aromatic rings. The minimum atomic E-state index is -0.993. The molecule has 0 aromatic heterocycles. The van der Waals surface area contributed by atoms with Gasteiger partial charge in [0.1, 0.15) is 23.2 Å². The molecule has 0 bridgehead atoms. The van der Waals surface area contributed by atoms with Crippen LogP contribution >= 0.6 is 0 Å². The third-order valence-corrected chi connectivity index (χ3v) is 5.41. The molecule has 3 amide bonds. The summed E-state index contributed by atoms with van der Waals surface area (Å²) in [4.78, 5) is 37.1. The maximum Gasteiger partial charge on any atom is 0.257 e. The molecule has 2 aromatic carbocycles. The lowest BCUT2D eigenvalue weighted by Gasteiger charge is -2.24. The van der Waals surface area contributed by atoms with Crippen LogP contribution in [0.2, 0.25) is 0 Å². The van der Waals surface area contributed by atoms with Crippen LogP contribution in [-0.2, 0) is 9.59 Å². The monoisotopic (exact) mass is 443 g/mol. The lowest BCUT2D eigenvalue weighted by Crippen LogP contribution is -2.50. The quantitative estimate of drug-likeness (QED) is 0.578. The Balaban J connectivity index is 1.63. The number of benzene rings is 2. The van der Waals surface area contributed by atoms with Gasteiger partial charge < -0.3 is 16.0 Å². The van der Waals surface area contributed by atoms with Crippen LogP contribution in [0, 0.1) is 23.5 Å². The van der Waals surface area contributed by atoms with E-state index in [2.05, 4.69) is 16.0 Å². The number of hydrogen-bond acceptors (Lipinski definition) is 3. The van der Waals surface area contributed by atoms with E-state index in [1.165, 1.54) is 6.07 Å². The Hall–Kier alpha value is -3.29. The highest BCUT2D eigenvalue weighted by atomic mass is 19.1. The molecule has 1 aliphatic rings. The lowest BCUT2D eigenvalue weighted by atomic mass is 10.0. The molecule has 1 fully saturated rings. The molecule has 2 atom stereocenters. The van der Waals surface area contributed by atoms with Crippen LogP contribution in [0.1, 0.15) is 55.6 Å². The van der Waals surface area contributed by atoms with Crippen molar-refractivity contribution in [3.05, 3.63) is 65.2 Å². The Morgan fingerprint density at radius 3 is 2.03 bits per heavy atom. The van der Waals surface area contributed by atoms with Gasteiger partial charge in [0.2, 0.25) is 11.8 Å². The summed E-state index contributed by atoms with van der Waals surface area (Å²) in [6, 6.07) is 8.89. The summed E-state index contributed by atoms with van der Waals surface area (Å²) in [5.74, 6) is -3.64. The van der Waals surface area contributed by atoms with Crippen LogP contribution in [0.3, 0.4) is 0 Å². The second-order valence-electron chi connectivity index (χ2n) is 8.41. The minimum Gasteiger partial charge on any atom is -0.348 e. The van der Waals surface area contributed by atoms with Crippen LogP contribution < -0.4 is 16.0 Å². The van der Waals surface area contributed by atoms with Crippen molar-refractivity contribution >= 4 is 23.4 Å². The smallest absolute Gasteiger partial charge is 0.257 e. The van der Waals surface area contributed by atoms with E-state index in [1.807, 2.05) is 0 Å². The third-order valence-electron chi connectivity index (χ3n) is 5.41. The van der Waals surface area contributed by atoms with E-state index in [4.69, 9.17) is 0 Å². The molecule has 32 heavy (non-hydrogen) atoms. The molecule has 6 nitrogen and oxygen atoms in total. The summed E-state index contributed by atoms with van der Waals surface area (Å²) in [6.45, 7) is 5.24. The normalized spacial score (nSPS) is 15.1. The SMILES string of the molecule is CC(NC(=O)C(NC(=O)c1c(F)cccc1F)C(C)C)c1ccc(NC(=O)C2CC2)cc1. The summed E-state index contributed by atoms with van der Waals surface area (Å²) < 4.78 is 27.8. The van der Waals surface area contributed by atoms with E-state index in [1.54, 1.807) is 45.0 Å². The fourth-order valence-corrected chi connectivity index (χ4v) is 3.29. The van der Waals surface area contributed by atoms with E-state index in [0.29, 0.717) is 5.69 Å². The standard InChI is InChI=1S/C24H27F2N3O3/c1-13(2)21(29-23(31)20-18(25)5-4-6-19(20)26)24(32)27-14(3)15-9-11-17(12-10-15)28-22(30)16-7-8-16/h4-6,9-14,16,21H,7-8H2,1-3H3,(H,27,32)(H,28,30)(H,29,31). The van der Waals surface area contributed by atoms with Crippen molar-refractivity contribution in [1.29, 1.82) is 0 Å². The van der Waals surface area contributed by atoms with Crippen molar-refractivity contribution in [3.63, 3.8) is 0 Å². The molecule has 0 radical (unpaired) electrons. The highest BCUT2D eigenvalue weighted by molar-refractivity contribution is 5.98. The summed E-state index contributed by atoms with van der Waals surface area (Å²) in [6.07, 6.45) is 1.84. The first kappa shape index (κ1) is 23.4. The van der Waals surface area contributed by atoms with E-state index >= 15 is 0 Å². The van der Waals surface area contributed by atoms with Crippen LogP contribution in [0.25, 0.3) is 0 Å². The van der Waals surface area contributed by atoms with Crippen LogP contribution in [-0.4, -0.2) is 23.8 Å². The predicted molar refractivity (Wildman–Crippen MR) is 117 cm³/mol. The lowest BCUT2D eigenvalue weighted by molar-refractivity contribution is -0.124. The van der Waals surface area contributed by atoms with Gasteiger partial charge in [0.15, 0.2) is 0 Å². The second kappa shape index (κ2) is 9.89. The van der Waals surface area contributed by atoms with Gasteiger partial charge in [-0.15, -0.1) is 0 Å². The fraction of sp³-hybridized carbons (Fsp3) is 0.375. The number of hydrogen-bond donors (Lipinski definition) is 3. The number of anilines is 1. The summed E-state index contributed by atoms with van der Waals surface area (Å²) in [5, 5.41) is 8.12. The predicted octanol–water partition coefficient (Wildman–Crippen LogP) is 3.95. The van der Waals surface area contributed by atoms with E-state index in [9.17, 15) is 23.2 Å². The van der Waals surface area contributed by atoms with Crippen molar-refractivity contribution in [2.24, 2.45) is 11.8 Å². The van der Waals surface area contributed by atoms with Crippen LogP contribution in [0.5, 0.6) is 0 Å². The zero-order chi connectivity index (χ0) is 23.4. The van der Waals surface area contributed by atoms with E-state index in [0.717, 1.165) is 30.5 Å². The van der Waals surface area contributed by atoms with Gasteiger partial charge in [-0.1, -0.05) is 32.0 Å². The van der Waals surface area contributed by atoms with Gasteiger partial charge in [0.25, 0.3) is 5.91 Å².